The van der Waals surface area contributed by atoms with Gasteiger partial charge in [-0.25, -0.2) is 0 Å². The minimum atomic E-state index is -0.563. The Morgan fingerprint density at radius 1 is 1.11 bits per heavy atom. The van der Waals surface area contributed by atoms with Gasteiger partial charge in [0.15, 0.2) is 0 Å². The zero-order valence-corrected chi connectivity index (χ0v) is 16.0. The third-order valence-corrected chi connectivity index (χ3v) is 4.24. The molecule has 1 amide bonds. The predicted octanol–water partition coefficient (Wildman–Crippen LogP) is 3.61. The molecule has 2 aromatic rings. The van der Waals surface area contributed by atoms with Crippen LogP contribution in [0.4, 0.5) is 0 Å². The van der Waals surface area contributed by atoms with Gasteiger partial charge in [0.05, 0.1) is 0 Å². The van der Waals surface area contributed by atoms with Gasteiger partial charge in [-0.15, -0.1) is 0 Å². The summed E-state index contributed by atoms with van der Waals surface area (Å²) in [5.74, 6) is 0.0909. The zero-order chi connectivity index (χ0) is 19.4. The van der Waals surface area contributed by atoms with Crippen molar-refractivity contribution in [2.45, 2.75) is 39.4 Å². The molecule has 142 valence electrons. The summed E-state index contributed by atoms with van der Waals surface area (Å²) in [6.45, 7) is 6.35. The van der Waals surface area contributed by atoms with E-state index in [1.165, 1.54) is 4.90 Å². The largest absolute Gasteiger partial charge is 0.489 e. The Bertz CT molecular complexity index is 824. The van der Waals surface area contributed by atoms with E-state index in [1.54, 1.807) is 6.07 Å². The van der Waals surface area contributed by atoms with Gasteiger partial charge in [0.25, 0.3) is 5.91 Å². The van der Waals surface area contributed by atoms with Crippen LogP contribution in [0.2, 0.25) is 0 Å². The van der Waals surface area contributed by atoms with Gasteiger partial charge >= 0.3 is 5.97 Å². The molecule has 0 N–H and O–H groups in total. The summed E-state index contributed by atoms with van der Waals surface area (Å²) in [6.07, 6.45) is 0.711. The molecule has 5 nitrogen and oxygen atoms in total. The molecule has 1 aliphatic rings. The molecule has 1 heterocycles. The second kappa shape index (κ2) is 7.82. The number of benzene rings is 2. The third kappa shape index (κ3) is 5.09. The van der Waals surface area contributed by atoms with Gasteiger partial charge in [0.2, 0.25) is 0 Å². The van der Waals surface area contributed by atoms with Crippen LogP contribution in [0, 0.1) is 0 Å². The summed E-state index contributed by atoms with van der Waals surface area (Å²) in [4.78, 5) is 26.4. The van der Waals surface area contributed by atoms with Crippen LogP contribution in [0.1, 0.15) is 42.3 Å². The Morgan fingerprint density at radius 3 is 2.56 bits per heavy atom. The lowest BCUT2D eigenvalue weighted by Crippen LogP contribution is -2.42. The standard InChI is InChI=1S/C22H25NO4/c1-22(2,3)27-20(24)14-23-12-11-17-9-10-18(13-19(17)21(23)25)26-15-16-7-5-4-6-8-16/h4-10,13H,11-12,14-15H2,1-3H3. The molecular formula is C22H25NO4. The highest BCUT2D eigenvalue weighted by Gasteiger charge is 2.28. The van der Waals surface area contributed by atoms with E-state index in [9.17, 15) is 9.59 Å². The van der Waals surface area contributed by atoms with Crippen molar-refractivity contribution in [2.24, 2.45) is 0 Å². The van der Waals surface area contributed by atoms with Gasteiger partial charge in [-0.05, 0) is 50.5 Å². The van der Waals surface area contributed by atoms with E-state index in [2.05, 4.69) is 0 Å². The number of esters is 1. The maximum absolute atomic E-state index is 12.8. The second-order valence-corrected chi connectivity index (χ2v) is 7.66. The highest BCUT2D eigenvalue weighted by atomic mass is 16.6. The molecule has 0 saturated carbocycles. The molecule has 0 aliphatic carbocycles. The van der Waals surface area contributed by atoms with Crippen molar-refractivity contribution < 1.29 is 19.1 Å². The van der Waals surface area contributed by atoms with Gasteiger partial charge in [-0.3, -0.25) is 9.59 Å². The van der Waals surface area contributed by atoms with Gasteiger partial charge in [0.1, 0.15) is 24.5 Å². The fraction of sp³-hybridized carbons (Fsp3) is 0.364. The van der Waals surface area contributed by atoms with Gasteiger partial charge in [-0.2, -0.15) is 0 Å². The molecule has 0 saturated heterocycles. The van der Waals surface area contributed by atoms with E-state index in [4.69, 9.17) is 9.47 Å². The maximum atomic E-state index is 12.8. The summed E-state index contributed by atoms with van der Waals surface area (Å²) >= 11 is 0. The lowest BCUT2D eigenvalue weighted by atomic mass is 9.98. The van der Waals surface area contributed by atoms with E-state index >= 15 is 0 Å². The lowest BCUT2D eigenvalue weighted by molar-refractivity contribution is -0.155. The summed E-state index contributed by atoms with van der Waals surface area (Å²) in [5.41, 5.74) is 2.07. The van der Waals surface area contributed by atoms with Crippen molar-refractivity contribution in [1.82, 2.24) is 4.90 Å². The maximum Gasteiger partial charge on any atom is 0.326 e. The number of ether oxygens (including phenoxy) is 2. The molecular weight excluding hydrogens is 342 g/mol. The monoisotopic (exact) mass is 367 g/mol. The molecule has 0 aromatic heterocycles. The average molecular weight is 367 g/mol. The summed E-state index contributed by atoms with van der Waals surface area (Å²) in [5, 5.41) is 0. The van der Waals surface area contributed by atoms with Crippen LogP contribution in [-0.4, -0.2) is 35.5 Å². The van der Waals surface area contributed by atoms with E-state index in [0.29, 0.717) is 30.9 Å². The highest BCUT2D eigenvalue weighted by molar-refractivity contribution is 5.98. The number of carbonyl (C=O) groups is 2. The molecule has 1 aliphatic heterocycles. The molecule has 0 radical (unpaired) electrons. The smallest absolute Gasteiger partial charge is 0.326 e. The molecule has 3 rings (SSSR count). The number of carbonyl (C=O) groups excluding carboxylic acids is 2. The quantitative estimate of drug-likeness (QED) is 0.758. The Balaban J connectivity index is 1.67. The van der Waals surface area contributed by atoms with Gasteiger partial charge in [0, 0.05) is 12.1 Å². The van der Waals surface area contributed by atoms with E-state index in [1.807, 2.05) is 63.2 Å². The molecule has 0 atom stereocenters. The molecule has 0 unspecified atom stereocenters. The summed E-state index contributed by atoms with van der Waals surface area (Å²) in [6, 6.07) is 15.4. The van der Waals surface area contributed by atoms with Crippen LogP contribution < -0.4 is 4.74 Å². The van der Waals surface area contributed by atoms with Gasteiger partial charge < -0.3 is 14.4 Å². The molecule has 0 spiro atoms. The first-order valence-electron chi connectivity index (χ1n) is 9.12. The number of fused-ring (bicyclic) bond motifs is 1. The number of hydrogen-bond donors (Lipinski definition) is 0. The Hall–Kier alpha value is -2.82. The second-order valence-electron chi connectivity index (χ2n) is 7.66. The van der Waals surface area contributed by atoms with E-state index < -0.39 is 11.6 Å². The van der Waals surface area contributed by atoms with Crippen molar-refractivity contribution in [3.05, 3.63) is 65.2 Å². The van der Waals surface area contributed by atoms with Crippen LogP contribution in [-0.2, 0) is 22.6 Å². The Labute approximate surface area is 159 Å². The molecule has 27 heavy (non-hydrogen) atoms. The van der Waals surface area contributed by atoms with Crippen LogP contribution >= 0.6 is 0 Å². The normalized spacial score (nSPS) is 13.9. The first kappa shape index (κ1) is 19.0. The first-order chi connectivity index (χ1) is 12.8. The molecule has 2 aromatic carbocycles. The van der Waals surface area contributed by atoms with Crippen molar-refractivity contribution in [3.8, 4) is 5.75 Å². The van der Waals surface area contributed by atoms with Gasteiger partial charge in [-0.1, -0.05) is 36.4 Å². The SMILES string of the molecule is CC(C)(C)OC(=O)CN1CCc2ccc(OCc3ccccc3)cc2C1=O. The Morgan fingerprint density at radius 2 is 1.85 bits per heavy atom. The number of nitrogens with zero attached hydrogens (tertiary/aromatic N) is 1. The van der Waals surface area contributed by atoms with E-state index in [-0.39, 0.29) is 12.5 Å². The molecule has 5 heteroatoms. The lowest BCUT2D eigenvalue weighted by Gasteiger charge is -2.29. The number of rotatable bonds is 5. The third-order valence-electron chi connectivity index (χ3n) is 4.24. The van der Waals surface area contributed by atoms with Crippen LogP contribution in [0.5, 0.6) is 5.75 Å². The zero-order valence-electron chi connectivity index (χ0n) is 16.0. The number of hydrogen-bond acceptors (Lipinski definition) is 4. The summed E-state index contributed by atoms with van der Waals surface area (Å²) < 4.78 is 11.2. The van der Waals surface area contributed by atoms with Crippen molar-refractivity contribution in [2.75, 3.05) is 13.1 Å². The van der Waals surface area contributed by atoms with Crippen LogP contribution in [0.15, 0.2) is 48.5 Å². The predicted molar refractivity (Wildman–Crippen MR) is 103 cm³/mol. The van der Waals surface area contributed by atoms with Crippen molar-refractivity contribution in [1.29, 1.82) is 0 Å². The van der Waals surface area contributed by atoms with Crippen molar-refractivity contribution >= 4 is 11.9 Å². The average Bonchev–Trinajstić information content (AvgIpc) is 2.62. The van der Waals surface area contributed by atoms with Crippen LogP contribution in [0.25, 0.3) is 0 Å². The Kier molecular flexibility index (Phi) is 5.49. The summed E-state index contributed by atoms with van der Waals surface area (Å²) in [7, 11) is 0. The molecule has 0 bridgehead atoms. The minimum absolute atomic E-state index is 0.0371. The minimum Gasteiger partial charge on any atom is -0.489 e. The van der Waals surface area contributed by atoms with E-state index in [0.717, 1.165) is 11.1 Å². The number of amides is 1. The highest BCUT2D eigenvalue weighted by Crippen LogP contribution is 2.25. The topological polar surface area (TPSA) is 55.8 Å². The first-order valence-corrected chi connectivity index (χ1v) is 9.12. The fourth-order valence-electron chi connectivity index (χ4n) is 3.01. The molecule has 0 fully saturated rings. The fourth-order valence-corrected chi connectivity index (χ4v) is 3.01. The van der Waals surface area contributed by atoms with Crippen LogP contribution in [0.3, 0.4) is 0 Å². The van der Waals surface area contributed by atoms with Crippen molar-refractivity contribution in [3.63, 3.8) is 0 Å².